The molecule has 0 amide bonds. The van der Waals surface area contributed by atoms with E-state index in [1.54, 1.807) is 18.2 Å². The summed E-state index contributed by atoms with van der Waals surface area (Å²) in [7, 11) is 0. The molecule has 3 unspecified atom stereocenters. The molecule has 0 radical (unpaired) electrons. The number of para-hydroxylation sites is 1. The quantitative estimate of drug-likeness (QED) is 0.305. The minimum absolute atomic E-state index is 0.000737. The molecule has 1 fully saturated rings. The second-order valence-corrected chi connectivity index (χ2v) is 10.3. The van der Waals surface area contributed by atoms with Crippen LogP contribution in [0.3, 0.4) is 0 Å². The first-order valence-corrected chi connectivity index (χ1v) is 12.6. The molecule has 8 heteroatoms. The monoisotopic (exact) mass is 480 g/mol. The van der Waals surface area contributed by atoms with Crippen LogP contribution in [0.5, 0.6) is 0 Å². The average Bonchev–Trinajstić information content (AvgIpc) is 2.80. The lowest BCUT2D eigenvalue weighted by Crippen LogP contribution is -2.35. The standard InChI is InChI=1S/C25H25ClN4O2S/c1-14-6-5-9-21(15(14)2)30-24(32)18-7-3-4-8-19(18)28-25(30)33-13-22-27-20-12-16(26)10-11-17(20)23(31)29-22/h3-4,7-8,10-12,14-15,21H,5-6,9,13H2,1-2H3,(H,27,29,31). The molecule has 170 valence electrons. The molecule has 0 aliphatic heterocycles. The predicted molar refractivity (Wildman–Crippen MR) is 134 cm³/mol. The molecular weight excluding hydrogens is 456 g/mol. The Morgan fingerprint density at radius 3 is 2.73 bits per heavy atom. The second kappa shape index (κ2) is 8.95. The maximum atomic E-state index is 13.6. The molecule has 1 aliphatic rings. The van der Waals surface area contributed by atoms with E-state index in [0.29, 0.717) is 55.4 Å². The van der Waals surface area contributed by atoms with Crippen molar-refractivity contribution in [2.45, 2.75) is 50.1 Å². The van der Waals surface area contributed by atoms with Gasteiger partial charge in [-0.1, -0.05) is 62.2 Å². The Morgan fingerprint density at radius 1 is 1.06 bits per heavy atom. The molecule has 2 heterocycles. The largest absolute Gasteiger partial charge is 0.309 e. The Hall–Kier alpha value is -2.64. The smallest absolute Gasteiger partial charge is 0.262 e. The first-order valence-electron chi connectivity index (χ1n) is 11.2. The molecule has 4 aromatic rings. The van der Waals surface area contributed by atoms with Crippen LogP contribution >= 0.6 is 23.4 Å². The average molecular weight is 481 g/mol. The zero-order chi connectivity index (χ0) is 23.1. The number of rotatable bonds is 4. The highest BCUT2D eigenvalue weighted by atomic mass is 35.5. The Kier molecular flexibility index (Phi) is 6.01. The number of thioether (sulfide) groups is 1. The van der Waals surface area contributed by atoms with E-state index >= 15 is 0 Å². The fraction of sp³-hybridized carbons (Fsp3) is 0.360. The molecule has 5 rings (SSSR count). The molecule has 2 aromatic carbocycles. The molecule has 3 atom stereocenters. The van der Waals surface area contributed by atoms with Crippen molar-refractivity contribution >= 4 is 45.2 Å². The van der Waals surface area contributed by atoms with Crippen LogP contribution in [0.25, 0.3) is 21.8 Å². The normalized spacial score (nSPS) is 21.0. The number of aromatic nitrogens is 4. The van der Waals surface area contributed by atoms with Crippen LogP contribution in [0.15, 0.2) is 57.2 Å². The highest BCUT2D eigenvalue weighted by Gasteiger charge is 2.31. The number of benzene rings is 2. The van der Waals surface area contributed by atoms with Gasteiger partial charge in [0.15, 0.2) is 5.16 Å². The van der Waals surface area contributed by atoms with Crippen LogP contribution in [-0.2, 0) is 5.75 Å². The van der Waals surface area contributed by atoms with Crippen LogP contribution in [-0.4, -0.2) is 19.5 Å². The molecule has 33 heavy (non-hydrogen) atoms. The Balaban J connectivity index is 1.57. The van der Waals surface area contributed by atoms with Gasteiger partial charge in [-0.2, -0.15) is 0 Å². The Morgan fingerprint density at radius 2 is 1.88 bits per heavy atom. The zero-order valence-corrected chi connectivity index (χ0v) is 20.1. The van der Waals surface area contributed by atoms with Crippen molar-refractivity contribution < 1.29 is 0 Å². The van der Waals surface area contributed by atoms with E-state index in [4.69, 9.17) is 16.6 Å². The van der Waals surface area contributed by atoms with Crippen molar-refractivity contribution in [3.63, 3.8) is 0 Å². The van der Waals surface area contributed by atoms with Crippen molar-refractivity contribution in [3.8, 4) is 0 Å². The van der Waals surface area contributed by atoms with E-state index in [1.165, 1.54) is 18.2 Å². The lowest BCUT2D eigenvalue weighted by Gasteiger charge is -2.36. The molecular formula is C25H25ClN4O2S. The highest BCUT2D eigenvalue weighted by molar-refractivity contribution is 7.98. The number of halogens is 1. The summed E-state index contributed by atoms with van der Waals surface area (Å²) in [4.78, 5) is 38.4. The molecule has 0 spiro atoms. The first kappa shape index (κ1) is 22.2. The van der Waals surface area contributed by atoms with Gasteiger partial charge in [-0.3, -0.25) is 14.2 Å². The van der Waals surface area contributed by atoms with Gasteiger partial charge in [0.2, 0.25) is 0 Å². The van der Waals surface area contributed by atoms with Gasteiger partial charge < -0.3 is 4.98 Å². The Bertz CT molecular complexity index is 1460. The predicted octanol–water partition coefficient (Wildman–Crippen LogP) is 5.58. The number of H-pyrrole nitrogens is 1. The van der Waals surface area contributed by atoms with Gasteiger partial charge in [-0.05, 0) is 48.6 Å². The van der Waals surface area contributed by atoms with Gasteiger partial charge in [0.05, 0.1) is 27.6 Å². The van der Waals surface area contributed by atoms with E-state index in [1.807, 2.05) is 28.8 Å². The fourth-order valence-electron chi connectivity index (χ4n) is 4.80. The van der Waals surface area contributed by atoms with Crippen molar-refractivity contribution in [2.75, 3.05) is 0 Å². The van der Waals surface area contributed by atoms with Crippen LogP contribution in [0.2, 0.25) is 5.02 Å². The van der Waals surface area contributed by atoms with E-state index in [9.17, 15) is 9.59 Å². The molecule has 1 N–H and O–H groups in total. The summed E-state index contributed by atoms with van der Waals surface area (Å²) < 4.78 is 1.89. The van der Waals surface area contributed by atoms with E-state index < -0.39 is 0 Å². The summed E-state index contributed by atoms with van der Waals surface area (Å²) in [6.07, 6.45) is 3.24. The zero-order valence-electron chi connectivity index (χ0n) is 18.5. The van der Waals surface area contributed by atoms with Gasteiger partial charge in [0, 0.05) is 11.1 Å². The lowest BCUT2D eigenvalue weighted by atomic mass is 9.78. The highest BCUT2D eigenvalue weighted by Crippen LogP contribution is 2.39. The van der Waals surface area contributed by atoms with E-state index in [0.717, 1.165) is 12.8 Å². The van der Waals surface area contributed by atoms with E-state index in [2.05, 4.69) is 23.8 Å². The molecule has 2 aromatic heterocycles. The number of nitrogens with one attached hydrogen (secondary N) is 1. The Labute approximate surface area is 200 Å². The van der Waals surface area contributed by atoms with Crippen LogP contribution < -0.4 is 11.1 Å². The third kappa shape index (κ3) is 4.20. The molecule has 0 bridgehead atoms. The maximum absolute atomic E-state index is 13.6. The van der Waals surface area contributed by atoms with Gasteiger partial charge in [0.1, 0.15) is 5.82 Å². The number of hydrogen-bond donors (Lipinski definition) is 1. The summed E-state index contributed by atoms with van der Waals surface area (Å²) >= 11 is 7.53. The summed E-state index contributed by atoms with van der Waals surface area (Å²) in [5, 5.41) is 2.33. The van der Waals surface area contributed by atoms with Gasteiger partial charge in [-0.15, -0.1) is 0 Å². The van der Waals surface area contributed by atoms with Crippen molar-refractivity contribution in [1.82, 2.24) is 19.5 Å². The van der Waals surface area contributed by atoms with Crippen molar-refractivity contribution in [2.24, 2.45) is 11.8 Å². The third-order valence-electron chi connectivity index (χ3n) is 6.83. The summed E-state index contributed by atoms with van der Waals surface area (Å²) in [6.45, 7) is 4.49. The van der Waals surface area contributed by atoms with Crippen LogP contribution in [0.1, 0.15) is 45.0 Å². The topological polar surface area (TPSA) is 80.6 Å². The molecule has 1 saturated carbocycles. The van der Waals surface area contributed by atoms with Gasteiger partial charge in [-0.25, -0.2) is 9.97 Å². The maximum Gasteiger partial charge on any atom is 0.262 e. The molecule has 0 saturated heterocycles. The van der Waals surface area contributed by atoms with Crippen molar-refractivity contribution in [3.05, 3.63) is 74.0 Å². The minimum Gasteiger partial charge on any atom is -0.309 e. The van der Waals surface area contributed by atoms with E-state index in [-0.39, 0.29) is 17.2 Å². The summed E-state index contributed by atoms with van der Waals surface area (Å²) in [6, 6.07) is 12.6. The summed E-state index contributed by atoms with van der Waals surface area (Å²) in [5.41, 5.74) is 1.04. The van der Waals surface area contributed by atoms with Gasteiger partial charge in [0.25, 0.3) is 11.1 Å². The second-order valence-electron chi connectivity index (χ2n) is 8.88. The number of fused-ring (bicyclic) bond motifs is 2. The number of nitrogens with zero attached hydrogens (tertiary/aromatic N) is 3. The van der Waals surface area contributed by atoms with Crippen LogP contribution in [0.4, 0.5) is 0 Å². The first-order chi connectivity index (χ1) is 15.9. The van der Waals surface area contributed by atoms with Gasteiger partial charge >= 0.3 is 0 Å². The summed E-state index contributed by atoms with van der Waals surface area (Å²) in [5.74, 6) is 1.83. The SMILES string of the molecule is CC1CCCC(n2c(SCc3nc4cc(Cl)ccc4c(=O)[nH]3)nc3ccccc3c2=O)C1C. The number of hydrogen-bond acceptors (Lipinski definition) is 5. The minimum atomic E-state index is -0.203. The number of aromatic amines is 1. The molecule has 6 nitrogen and oxygen atoms in total. The van der Waals surface area contributed by atoms with Crippen molar-refractivity contribution in [1.29, 1.82) is 0 Å². The fourth-order valence-corrected chi connectivity index (χ4v) is 5.89. The third-order valence-corrected chi connectivity index (χ3v) is 8.03. The van der Waals surface area contributed by atoms with Crippen LogP contribution in [0, 0.1) is 11.8 Å². The molecule has 1 aliphatic carbocycles. The lowest BCUT2D eigenvalue weighted by molar-refractivity contribution is 0.173.